The Labute approximate surface area is 187 Å². The highest BCUT2D eigenvalue weighted by molar-refractivity contribution is 6.00. The molecule has 0 bridgehead atoms. The first-order valence-electron chi connectivity index (χ1n) is 10.6. The van der Waals surface area contributed by atoms with E-state index in [1.54, 1.807) is 24.4 Å². The van der Waals surface area contributed by atoms with Gasteiger partial charge in [0.2, 0.25) is 5.91 Å². The number of hydrogen-bond donors (Lipinski definition) is 4. The van der Waals surface area contributed by atoms with Crippen molar-refractivity contribution < 1.29 is 9.59 Å². The van der Waals surface area contributed by atoms with Crippen LogP contribution in [-0.2, 0) is 4.79 Å². The summed E-state index contributed by atoms with van der Waals surface area (Å²) < 4.78 is 0. The van der Waals surface area contributed by atoms with Crippen molar-refractivity contribution in [2.75, 3.05) is 23.7 Å². The molecule has 0 aromatic carbocycles. The van der Waals surface area contributed by atoms with E-state index in [-0.39, 0.29) is 23.9 Å². The first-order valence-corrected chi connectivity index (χ1v) is 10.6. The Balaban J connectivity index is 1.69. The molecular weight excluding hydrogens is 408 g/mol. The summed E-state index contributed by atoms with van der Waals surface area (Å²) in [6.45, 7) is 6.84. The highest BCUT2D eigenvalue weighted by Gasteiger charge is 2.23. The second-order valence-electron chi connectivity index (χ2n) is 7.99. The summed E-state index contributed by atoms with van der Waals surface area (Å²) in [5, 5.41) is 20.3. The standard InChI is InChI=1S/C22H28N8O2/c1-14(2)26-19-10-21(28-20-5-4-16(11-23)12-24-20)25-13-18(19)22(32)27-17-6-8-30(9-7-17)29-15(3)31/h4-5,10,12-14,17H,6-9H2,1-3H3,(H,27,32)(H,29,31)(H2,24,25,26,28). The first kappa shape index (κ1) is 23.0. The molecule has 10 heteroatoms. The fourth-order valence-corrected chi connectivity index (χ4v) is 3.42. The van der Waals surface area contributed by atoms with Gasteiger partial charge in [0.1, 0.15) is 17.7 Å². The summed E-state index contributed by atoms with van der Waals surface area (Å²) in [5.74, 6) is 0.801. The van der Waals surface area contributed by atoms with Gasteiger partial charge in [-0.1, -0.05) is 0 Å². The molecule has 3 heterocycles. The van der Waals surface area contributed by atoms with Gasteiger partial charge in [-0.25, -0.2) is 15.0 Å². The highest BCUT2D eigenvalue weighted by atomic mass is 16.2. The van der Waals surface area contributed by atoms with E-state index < -0.39 is 0 Å². The predicted octanol–water partition coefficient (Wildman–Crippen LogP) is 2.16. The lowest BCUT2D eigenvalue weighted by molar-refractivity contribution is -0.124. The van der Waals surface area contributed by atoms with Crippen LogP contribution in [0.2, 0.25) is 0 Å². The number of nitriles is 1. The van der Waals surface area contributed by atoms with Gasteiger partial charge in [0.05, 0.1) is 16.8 Å². The minimum absolute atomic E-state index is 0.0278. The van der Waals surface area contributed by atoms with E-state index in [0.29, 0.717) is 41.5 Å². The average Bonchev–Trinajstić information content (AvgIpc) is 2.75. The summed E-state index contributed by atoms with van der Waals surface area (Å²) in [5.41, 5.74) is 4.38. The van der Waals surface area contributed by atoms with E-state index in [9.17, 15) is 9.59 Å². The third kappa shape index (κ3) is 6.39. The van der Waals surface area contributed by atoms with Crippen molar-refractivity contribution in [3.8, 4) is 6.07 Å². The Morgan fingerprint density at radius 2 is 1.88 bits per heavy atom. The van der Waals surface area contributed by atoms with E-state index in [4.69, 9.17) is 5.26 Å². The Kier molecular flexibility index (Phi) is 7.57. The molecule has 3 rings (SSSR count). The van der Waals surface area contributed by atoms with E-state index in [1.165, 1.54) is 13.1 Å². The minimum atomic E-state index is -0.193. The summed E-state index contributed by atoms with van der Waals surface area (Å²) in [6.07, 6.45) is 4.51. The van der Waals surface area contributed by atoms with Crippen molar-refractivity contribution in [3.05, 3.63) is 41.7 Å². The normalized spacial score (nSPS) is 14.5. The van der Waals surface area contributed by atoms with Gasteiger partial charge in [-0.2, -0.15) is 5.26 Å². The molecule has 0 saturated carbocycles. The van der Waals surface area contributed by atoms with E-state index in [1.807, 2.05) is 24.9 Å². The number of hydrazine groups is 1. The third-order valence-electron chi connectivity index (χ3n) is 4.89. The van der Waals surface area contributed by atoms with Crippen LogP contribution in [0.4, 0.5) is 17.3 Å². The van der Waals surface area contributed by atoms with Crippen LogP contribution in [0.25, 0.3) is 0 Å². The van der Waals surface area contributed by atoms with Crippen LogP contribution < -0.4 is 21.4 Å². The van der Waals surface area contributed by atoms with Crippen LogP contribution in [0.1, 0.15) is 49.5 Å². The van der Waals surface area contributed by atoms with Gasteiger partial charge in [0.15, 0.2) is 0 Å². The number of nitrogens with one attached hydrogen (secondary N) is 4. The first-order chi connectivity index (χ1) is 15.3. The van der Waals surface area contributed by atoms with Crippen LogP contribution in [-0.4, -0.2) is 52.0 Å². The van der Waals surface area contributed by atoms with Gasteiger partial charge in [-0.05, 0) is 38.8 Å². The SMILES string of the molecule is CC(=O)NN1CCC(NC(=O)c2cnc(Nc3ccc(C#N)cn3)cc2NC(C)C)CC1. The number of rotatable bonds is 7. The van der Waals surface area contributed by atoms with Crippen LogP contribution in [0.15, 0.2) is 30.6 Å². The number of pyridine rings is 2. The van der Waals surface area contributed by atoms with E-state index in [0.717, 1.165) is 12.8 Å². The van der Waals surface area contributed by atoms with Crippen molar-refractivity contribution in [1.82, 2.24) is 25.7 Å². The Hall–Kier alpha value is -3.71. The summed E-state index contributed by atoms with van der Waals surface area (Å²) in [6, 6.07) is 7.31. The molecule has 2 aromatic rings. The monoisotopic (exact) mass is 436 g/mol. The molecule has 1 aliphatic heterocycles. The number of hydrogen-bond acceptors (Lipinski definition) is 8. The molecule has 2 amide bonds. The van der Waals surface area contributed by atoms with Crippen molar-refractivity contribution in [2.45, 2.75) is 45.7 Å². The molecule has 1 aliphatic rings. The fourth-order valence-electron chi connectivity index (χ4n) is 3.42. The van der Waals surface area contributed by atoms with Gasteiger partial charge in [0, 0.05) is 50.6 Å². The largest absolute Gasteiger partial charge is 0.382 e. The van der Waals surface area contributed by atoms with Gasteiger partial charge in [0.25, 0.3) is 5.91 Å². The maximum absolute atomic E-state index is 13.0. The molecule has 0 radical (unpaired) electrons. The molecule has 4 N–H and O–H groups in total. The van der Waals surface area contributed by atoms with Crippen molar-refractivity contribution in [3.63, 3.8) is 0 Å². The molecule has 1 fully saturated rings. The predicted molar refractivity (Wildman–Crippen MR) is 121 cm³/mol. The van der Waals surface area contributed by atoms with Gasteiger partial charge in [-0.3, -0.25) is 15.0 Å². The van der Waals surface area contributed by atoms with E-state index in [2.05, 4.69) is 31.3 Å². The minimum Gasteiger partial charge on any atom is -0.382 e. The Morgan fingerprint density at radius 3 is 2.47 bits per heavy atom. The van der Waals surface area contributed by atoms with Crippen molar-refractivity contribution in [1.29, 1.82) is 5.26 Å². The van der Waals surface area contributed by atoms with Crippen LogP contribution >= 0.6 is 0 Å². The lowest BCUT2D eigenvalue weighted by Crippen LogP contribution is -2.50. The molecular formula is C22H28N8O2. The van der Waals surface area contributed by atoms with Gasteiger partial charge < -0.3 is 16.0 Å². The second kappa shape index (κ2) is 10.5. The molecule has 0 spiro atoms. The number of carbonyl (C=O) groups excluding carboxylic acids is 2. The van der Waals surface area contributed by atoms with E-state index >= 15 is 0 Å². The van der Waals surface area contributed by atoms with Crippen LogP contribution in [0, 0.1) is 11.3 Å². The lowest BCUT2D eigenvalue weighted by atomic mass is 10.1. The molecule has 2 aromatic heterocycles. The highest BCUT2D eigenvalue weighted by Crippen LogP contribution is 2.22. The number of aromatic nitrogens is 2. The second-order valence-corrected chi connectivity index (χ2v) is 7.99. The molecule has 10 nitrogen and oxygen atoms in total. The average molecular weight is 437 g/mol. The van der Waals surface area contributed by atoms with Crippen LogP contribution in [0.3, 0.4) is 0 Å². The lowest BCUT2D eigenvalue weighted by Gasteiger charge is -2.32. The van der Waals surface area contributed by atoms with Gasteiger partial charge >= 0.3 is 0 Å². The molecule has 32 heavy (non-hydrogen) atoms. The van der Waals surface area contributed by atoms with Crippen molar-refractivity contribution in [2.24, 2.45) is 0 Å². The van der Waals surface area contributed by atoms with Crippen LogP contribution in [0.5, 0.6) is 0 Å². The topological polar surface area (TPSA) is 135 Å². The molecule has 0 aliphatic carbocycles. The van der Waals surface area contributed by atoms with Crippen molar-refractivity contribution >= 4 is 29.1 Å². The number of piperidine rings is 1. The quantitative estimate of drug-likeness (QED) is 0.519. The number of carbonyl (C=O) groups is 2. The zero-order valence-electron chi connectivity index (χ0n) is 18.5. The molecule has 0 atom stereocenters. The number of anilines is 3. The molecule has 168 valence electrons. The third-order valence-corrected chi connectivity index (χ3v) is 4.89. The fraction of sp³-hybridized carbons (Fsp3) is 0.409. The Bertz CT molecular complexity index is 992. The van der Waals surface area contributed by atoms with Gasteiger partial charge in [-0.15, -0.1) is 0 Å². The summed E-state index contributed by atoms with van der Waals surface area (Å²) >= 11 is 0. The number of nitrogens with zero attached hydrogens (tertiary/aromatic N) is 4. The zero-order valence-corrected chi connectivity index (χ0v) is 18.5. The number of amides is 2. The summed E-state index contributed by atoms with van der Waals surface area (Å²) in [4.78, 5) is 32.7. The smallest absolute Gasteiger partial charge is 0.255 e. The zero-order chi connectivity index (χ0) is 23.1. The Morgan fingerprint density at radius 1 is 1.16 bits per heavy atom. The molecule has 0 unspecified atom stereocenters. The summed E-state index contributed by atoms with van der Waals surface area (Å²) in [7, 11) is 0. The maximum atomic E-state index is 13.0. The molecule has 1 saturated heterocycles. The maximum Gasteiger partial charge on any atom is 0.255 e.